The van der Waals surface area contributed by atoms with Crippen LogP contribution in [0.25, 0.3) is 5.57 Å². The van der Waals surface area contributed by atoms with Crippen molar-refractivity contribution in [3.05, 3.63) is 29.6 Å². The molecular formula is C20H27FN2O3. The summed E-state index contributed by atoms with van der Waals surface area (Å²) in [6.45, 7) is 6.34. The molecule has 1 aliphatic carbocycles. The van der Waals surface area contributed by atoms with Gasteiger partial charge in [0.25, 0.3) is 0 Å². The van der Waals surface area contributed by atoms with Gasteiger partial charge in [0.2, 0.25) is 0 Å². The monoisotopic (exact) mass is 362 g/mol. The van der Waals surface area contributed by atoms with E-state index in [9.17, 15) is 9.18 Å². The molecule has 1 saturated carbocycles. The highest BCUT2D eigenvalue weighted by Crippen LogP contribution is 2.36. The lowest BCUT2D eigenvalue weighted by molar-refractivity contribution is 0.0270. The van der Waals surface area contributed by atoms with Gasteiger partial charge in [0.05, 0.1) is 6.10 Å². The van der Waals surface area contributed by atoms with E-state index in [0.717, 1.165) is 24.8 Å². The Morgan fingerprint density at radius 2 is 2.04 bits per heavy atom. The van der Waals surface area contributed by atoms with Crippen LogP contribution in [0.15, 0.2) is 18.2 Å². The number of hydrogen-bond donors (Lipinski definition) is 1. The van der Waals surface area contributed by atoms with Crippen molar-refractivity contribution in [3.63, 3.8) is 0 Å². The number of rotatable bonds is 3. The molecule has 6 heteroatoms. The summed E-state index contributed by atoms with van der Waals surface area (Å²) >= 11 is 0. The van der Waals surface area contributed by atoms with E-state index in [1.54, 1.807) is 17.0 Å². The fourth-order valence-electron chi connectivity index (χ4n) is 3.05. The SMILES string of the molecule is CC(C)(C)OC(=O)N1CC=C(c2c(N)ccc(OC3CCC3)c2F)CC1. The van der Waals surface area contributed by atoms with Gasteiger partial charge >= 0.3 is 6.09 Å². The highest BCUT2D eigenvalue weighted by atomic mass is 19.1. The number of nitrogens with two attached hydrogens (primary N) is 1. The minimum atomic E-state index is -0.537. The first-order chi connectivity index (χ1) is 12.2. The molecule has 1 amide bonds. The minimum absolute atomic E-state index is 0.101. The second-order valence-corrected chi connectivity index (χ2v) is 7.92. The average Bonchev–Trinajstić information content (AvgIpc) is 2.51. The Morgan fingerprint density at radius 3 is 2.58 bits per heavy atom. The summed E-state index contributed by atoms with van der Waals surface area (Å²) in [6.07, 6.45) is 5.16. The molecule has 0 spiro atoms. The fraction of sp³-hybridized carbons (Fsp3) is 0.550. The zero-order valence-electron chi connectivity index (χ0n) is 15.7. The molecule has 1 aromatic rings. The van der Waals surface area contributed by atoms with Crippen LogP contribution in [-0.4, -0.2) is 35.8 Å². The Hall–Kier alpha value is -2.24. The van der Waals surface area contributed by atoms with Crippen LogP contribution in [0.3, 0.4) is 0 Å². The van der Waals surface area contributed by atoms with Crippen molar-refractivity contribution < 1.29 is 18.7 Å². The van der Waals surface area contributed by atoms with Gasteiger partial charge in [-0.25, -0.2) is 9.18 Å². The average molecular weight is 362 g/mol. The van der Waals surface area contributed by atoms with Gasteiger partial charge in [0.15, 0.2) is 11.6 Å². The number of nitrogen functional groups attached to an aromatic ring is 1. The molecule has 1 aliphatic heterocycles. The number of ether oxygens (including phenoxy) is 2. The number of hydrogen-bond acceptors (Lipinski definition) is 4. The molecule has 2 N–H and O–H groups in total. The van der Waals surface area contributed by atoms with E-state index >= 15 is 0 Å². The van der Waals surface area contributed by atoms with Crippen molar-refractivity contribution in [2.24, 2.45) is 0 Å². The first-order valence-electron chi connectivity index (χ1n) is 9.16. The van der Waals surface area contributed by atoms with Crippen LogP contribution in [0.2, 0.25) is 0 Å². The molecule has 1 heterocycles. The van der Waals surface area contributed by atoms with E-state index in [0.29, 0.717) is 30.8 Å². The first kappa shape index (κ1) is 18.5. The molecule has 2 aliphatic rings. The maximum atomic E-state index is 15.0. The van der Waals surface area contributed by atoms with Crippen LogP contribution in [0.1, 0.15) is 52.0 Å². The highest BCUT2D eigenvalue weighted by molar-refractivity contribution is 5.79. The molecule has 0 bridgehead atoms. The van der Waals surface area contributed by atoms with Gasteiger partial charge in [-0.2, -0.15) is 0 Å². The summed E-state index contributed by atoms with van der Waals surface area (Å²) in [6, 6.07) is 3.29. The van der Waals surface area contributed by atoms with Crippen molar-refractivity contribution in [2.45, 2.75) is 58.2 Å². The first-order valence-corrected chi connectivity index (χ1v) is 9.16. The topological polar surface area (TPSA) is 64.8 Å². The Bertz CT molecular complexity index is 721. The molecule has 5 nitrogen and oxygen atoms in total. The van der Waals surface area contributed by atoms with Gasteiger partial charge in [-0.3, -0.25) is 0 Å². The van der Waals surface area contributed by atoms with Crippen LogP contribution < -0.4 is 10.5 Å². The highest BCUT2D eigenvalue weighted by Gasteiger charge is 2.27. The largest absolute Gasteiger partial charge is 0.487 e. The van der Waals surface area contributed by atoms with Crippen LogP contribution in [0, 0.1) is 5.82 Å². The molecule has 26 heavy (non-hydrogen) atoms. The van der Waals surface area contributed by atoms with E-state index in [1.165, 1.54) is 0 Å². The number of halogens is 1. The Balaban J connectivity index is 1.75. The van der Waals surface area contributed by atoms with Crippen molar-refractivity contribution >= 4 is 17.4 Å². The molecule has 1 aromatic carbocycles. The van der Waals surface area contributed by atoms with Crippen LogP contribution >= 0.6 is 0 Å². The molecule has 3 rings (SSSR count). The maximum absolute atomic E-state index is 15.0. The summed E-state index contributed by atoms with van der Waals surface area (Å²) in [7, 11) is 0. The second-order valence-electron chi connectivity index (χ2n) is 7.92. The quantitative estimate of drug-likeness (QED) is 0.811. The molecular weight excluding hydrogens is 335 g/mol. The van der Waals surface area contributed by atoms with Crippen LogP contribution in [-0.2, 0) is 4.74 Å². The summed E-state index contributed by atoms with van der Waals surface area (Å²) < 4.78 is 26.1. The predicted octanol–water partition coefficient (Wildman–Crippen LogP) is 4.36. The lowest BCUT2D eigenvalue weighted by atomic mass is 9.95. The lowest BCUT2D eigenvalue weighted by Crippen LogP contribution is -2.39. The van der Waals surface area contributed by atoms with Gasteiger partial charge in [-0.1, -0.05) is 6.08 Å². The molecule has 0 saturated heterocycles. The lowest BCUT2D eigenvalue weighted by Gasteiger charge is -2.30. The van der Waals surface area contributed by atoms with Crippen molar-refractivity contribution in [2.75, 3.05) is 18.8 Å². The van der Waals surface area contributed by atoms with Crippen LogP contribution in [0.4, 0.5) is 14.9 Å². The van der Waals surface area contributed by atoms with E-state index in [-0.39, 0.29) is 17.9 Å². The van der Waals surface area contributed by atoms with E-state index in [2.05, 4.69) is 0 Å². The number of anilines is 1. The van der Waals surface area contributed by atoms with Crippen molar-refractivity contribution in [1.82, 2.24) is 4.90 Å². The molecule has 0 unspecified atom stereocenters. The van der Waals surface area contributed by atoms with E-state index in [4.69, 9.17) is 15.2 Å². The van der Waals surface area contributed by atoms with Gasteiger partial charge in [0.1, 0.15) is 5.60 Å². The van der Waals surface area contributed by atoms with Crippen molar-refractivity contribution in [3.8, 4) is 5.75 Å². The van der Waals surface area contributed by atoms with Crippen molar-refractivity contribution in [1.29, 1.82) is 0 Å². The molecule has 142 valence electrons. The maximum Gasteiger partial charge on any atom is 0.410 e. The molecule has 0 atom stereocenters. The minimum Gasteiger partial charge on any atom is -0.487 e. The standard InChI is InChI=1S/C20H27FN2O3/c1-20(2,3)26-19(24)23-11-9-13(10-12-23)17-15(22)7-8-16(18(17)21)25-14-5-4-6-14/h7-9,14H,4-6,10-12,22H2,1-3H3. The number of amides is 1. The van der Waals surface area contributed by atoms with E-state index in [1.807, 2.05) is 26.8 Å². The van der Waals surface area contributed by atoms with Gasteiger partial charge in [-0.15, -0.1) is 0 Å². The Morgan fingerprint density at radius 1 is 1.31 bits per heavy atom. The number of benzene rings is 1. The summed E-state index contributed by atoms with van der Waals surface area (Å²) in [5.74, 6) is -0.150. The summed E-state index contributed by atoms with van der Waals surface area (Å²) in [5, 5.41) is 0. The third-order valence-corrected chi connectivity index (χ3v) is 4.67. The normalized spacial score (nSPS) is 18.2. The third-order valence-electron chi connectivity index (χ3n) is 4.67. The number of carbonyl (C=O) groups is 1. The molecule has 0 aromatic heterocycles. The van der Waals surface area contributed by atoms with Gasteiger partial charge in [-0.05, 0) is 64.2 Å². The molecule has 1 fully saturated rings. The van der Waals surface area contributed by atoms with E-state index < -0.39 is 11.4 Å². The zero-order chi connectivity index (χ0) is 18.9. The Labute approximate surface area is 153 Å². The number of carbonyl (C=O) groups excluding carboxylic acids is 1. The summed E-state index contributed by atoms with van der Waals surface area (Å²) in [5.41, 5.74) is 7.09. The Kier molecular flexibility index (Phi) is 5.12. The summed E-state index contributed by atoms with van der Waals surface area (Å²) in [4.78, 5) is 13.8. The zero-order valence-corrected chi connectivity index (χ0v) is 15.7. The smallest absolute Gasteiger partial charge is 0.410 e. The number of nitrogens with zero attached hydrogens (tertiary/aromatic N) is 1. The second kappa shape index (κ2) is 7.17. The van der Waals surface area contributed by atoms with Gasteiger partial charge in [0, 0.05) is 24.3 Å². The predicted molar refractivity (Wildman–Crippen MR) is 99.5 cm³/mol. The molecule has 0 radical (unpaired) electrons. The fourth-order valence-corrected chi connectivity index (χ4v) is 3.05. The van der Waals surface area contributed by atoms with Crippen LogP contribution in [0.5, 0.6) is 5.75 Å². The third kappa shape index (κ3) is 4.11. The van der Waals surface area contributed by atoms with Gasteiger partial charge < -0.3 is 20.1 Å².